The van der Waals surface area contributed by atoms with E-state index < -0.39 is 12.6 Å². The molecule has 1 aliphatic heterocycles. The topological polar surface area (TPSA) is 26.3 Å². The maximum Gasteiger partial charge on any atom is 0.167 e. The Balaban J connectivity index is 1.11. The van der Waals surface area contributed by atoms with Crippen LogP contribution in [0.4, 0.5) is 0 Å². The second-order valence-electron chi connectivity index (χ2n) is 13.9. The minimum Gasteiger partial charge on any atom is -0.457 e. The van der Waals surface area contributed by atoms with E-state index in [9.17, 15) is 0 Å². The van der Waals surface area contributed by atoms with Gasteiger partial charge in [0.1, 0.15) is 11.5 Å². The molecule has 1 unspecified atom stereocenters. The van der Waals surface area contributed by atoms with Crippen LogP contribution in [-0.2, 0) is 9.98 Å². The van der Waals surface area contributed by atoms with Crippen LogP contribution < -0.4 is 15.3 Å². The molecule has 1 heterocycles. The molecule has 3 heteroatoms. The van der Waals surface area contributed by atoms with E-state index in [1.54, 1.807) is 0 Å². The maximum atomic E-state index is 15.3. The zero-order valence-corrected chi connectivity index (χ0v) is 29.5. The zero-order chi connectivity index (χ0) is 34.7. The van der Waals surface area contributed by atoms with Crippen molar-refractivity contribution in [1.29, 1.82) is 0 Å². The summed E-state index contributed by atoms with van der Waals surface area (Å²) in [6.45, 7) is 0. The van der Waals surface area contributed by atoms with Gasteiger partial charge in [-0.25, -0.2) is 0 Å². The highest BCUT2D eigenvalue weighted by molar-refractivity contribution is 7.82. The molecule has 7 aromatic rings. The minimum atomic E-state index is -3.03. The van der Waals surface area contributed by atoms with E-state index in [0.717, 1.165) is 73.6 Å². The van der Waals surface area contributed by atoms with Crippen LogP contribution in [0.3, 0.4) is 0 Å². The molecule has 52 heavy (non-hydrogen) atoms. The predicted molar refractivity (Wildman–Crippen MR) is 214 cm³/mol. The van der Waals surface area contributed by atoms with Crippen LogP contribution in [-0.4, -0.2) is 0 Å². The summed E-state index contributed by atoms with van der Waals surface area (Å²) in [6.07, 6.45) is 7.97. The molecule has 0 N–H and O–H groups in total. The predicted octanol–water partition coefficient (Wildman–Crippen LogP) is 12.0. The molecule has 0 radical (unpaired) electrons. The lowest BCUT2D eigenvalue weighted by molar-refractivity contribution is 0.436. The van der Waals surface area contributed by atoms with E-state index in [4.69, 9.17) is 4.74 Å². The lowest BCUT2D eigenvalue weighted by atomic mass is 9.66. The number of para-hydroxylation sites is 1. The first-order valence-electron chi connectivity index (χ1n) is 18.0. The van der Waals surface area contributed by atoms with Crippen molar-refractivity contribution in [1.82, 2.24) is 0 Å². The van der Waals surface area contributed by atoms with Crippen LogP contribution >= 0.6 is 7.14 Å². The first-order valence-corrected chi connectivity index (χ1v) is 19.7. The van der Waals surface area contributed by atoms with Crippen molar-refractivity contribution in [3.8, 4) is 44.9 Å². The monoisotopic (exact) mass is 686 g/mol. The number of hydrogen-bond acceptors (Lipinski definition) is 2. The van der Waals surface area contributed by atoms with Crippen LogP contribution in [0.5, 0.6) is 11.5 Å². The summed E-state index contributed by atoms with van der Waals surface area (Å²) in [4.78, 5) is 0. The first kappa shape index (κ1) is 30.8. The summed E-state index contributed by atoms with van der Waals surface area (Å²) in [7, 11) is -3.03. The van der Waals surface area contributed by atoms with Gasteiger partial charge in [-0.05, 0) is 93.0 Å². The number of benzene rings is 7. The van der Waals surface area contributed by atoms with E-state index in [1.807, 2.05) is 36.4 Å². The van der Waals surface area contributed by atoms with Crippen LogP contribution in [0.1, 0.15) is 35.1 Å². The molecule has 3 aliphatic rings. The molecule has 10 rings (SSSR count). The van der Waals surface area contributed by atoms with Gasteiger partial charge in [-0.2, -0.15) is 0 Å². The molecule has 0 amide bonds. The highest BCUT2D eigenvalue weighted by atomic mass is 31.2. The molecule has 2 aliphatic carbocycles. The maximum absolute atomic E-state index is 15.3. The van der Waals surface area contributed by atoms with Gasteiger partial charge in [0.2, 0.25) is 0 Å². The molecule has 2 nitrogen and oxygen atoms in total. The smallest absolute Gasteiger partial charge is 0.167 e. The number of rotatable bonds is 5. The molecule has 0 aromatic heterocycles. The Morgan fingerprint density at radius 3 is 1.77 bits per heavy atom. The molecule has 248 valence electrons. The molecular weight excluding hydrogens is 652 g/mol. The minimum absolute atomic E-state index is 0.513. The SMILES string of the molecule is O=P(C1=CC=CCC1)(c1ccccc1)c1cccc(-c2cccc(-c3ccc4c(c3)C3(c5ccccc5O4)c4ccccc4-c4ccccc43)c2)c1. The average Bonchev–Trinajstić information content (AvgIpc) is 3.52. The van der Waals surface area contributed by atoms with Crippen LogP contribution in [0.2, 0.25) is 0 Å². The Kier molecular flexibility index (Phi) is 7.17. The van der Waals surface area contributed by atoms with Gasteiger partial charge in [-0.1, -0.05) is 158 Å². The number of fused-ring (bicyclic) bond motifs is 9. The van der Waals surface area contributed by atoms with Gasteiger partial charge in [0, 0.05) is 21.7 Å². The van der Waals surface area contributed by atoms with Gasteiger partial charge in [-0.3, -0.25) is 0 Å². The fourth-order valence-corrected chi connectivity index (χ4v) is 11.7. The quantitative estimate of drug-likeness (QED) is 0.169. The fraction of sp³-hybridized carbons (Fsp3) is 0.0612. The Labute approximate surface area is 304 Å². The van der Waals surface area contributed by atoms with Crippen molar-refractivity contribution in [3.05, 3.63) is 216 Å². The molecular formula is C49H35O2P. The lowest BCUT2D eigenvalue weighted by Crippen LogP contribution is -2.32. The Hall–Kier alpha value is -5.95. The number of allylic oxidation sites excluding steroid dienone is 4. The van der Waals surface area contributed by atoms with Crippen LogP contribution in [0.25, 0.3) is 33.4 Å². The van der Waals surface area contributed by atoms with Crippen molar-refractivity contribution < 1.29 is 9.30 Å². The first-order chi connectivity index (χ1) is 25.7. The third kappa shape index (κ3) is 4.54. The van der Waals surface area contributed by atoms with Crippen molar-refractivity contribution in [3.63, 3.8) is 0 Å². The molecule has 7 aromatic carbocycles. The summed E-state index contributed by atoms with van der Waals surface area (Å²) in [6, 6.07) is 59.9. The zero-order valence-electron chi connectivity index (χ0n) is 28.6. The molecule has 0 saturated carbocycles. The summed E-state index contributed by atoms with van der Waals surface area (Å²) < 4.78 is 21.9. The van der Waals surface area contributed by atoms with Gasteiger partial charge >= 0.3 is 0 Å². The Bertz CT molecular complexity index is 2600. The fourth-order valence-electron chi connectivity index (χ4n) is 8.77. The number of hydrogen-bond donors (Lipinski definition) is 0. The molecule has 0 saturated heterocycles. The molecule has 1 atom stereocenters. The number of ether oxygens (including phenoxy) is 1. The van der Waals surface area contributed by atoms with Gasteiger partial charge in [0.05, 0.1) is 5.41 Å². The molecule has 0 bridgehead atoms. The Morgan fingerprint density at radius 1 is 0.481 bits per heavy atom. The highest BCUT2D eigenvalue weighted by Gasteiger charge is 2.51. The van der Waals surface area contributed by atoms with Gasteiger partial charge in [0.15, 0.2) is 7.14 Å². The van der Waals surface area contributed by atoms with Gasteiger partial charge in [0.25, 0.3) is 0 Å². The summed E-state index contributed by atoms with van der Waals surface area (Å²) in [5.74, 6) is 1.77. The van der Waals surface area contributed by atoms with E-state index in [0.29, 0.717) is 0 Å². The highest BCUT2D eigenvalue weighted by Crippen LogP contribution is 2.62. The third-order valence-electron chi connectivity index (χ3n) is 11.1. The largest absolute Gasteiger partial charge is 0.457 e. The van der Waals surface area contributed by atoms with E-state index in [2.05, 4.69) is 152 Å². The van der Waals surface area contributed by atoms with Gasteiger partial charge in [-0.15, -0.1) is 0 Å². The Morgan fingerprint density at radius 2 is 1.06 bits per heavy atom. The second-order valence-corrected chi connectivity index (χ2v) is 16.7. The standard InChI is InChI=1S/C49H35O2P/c50-52(38-18-3-1-4-19-38,39-20-5-2-6-21-39)40-22-14-17-36(32-40)34-15-13-16-35(31-34)37-29-30-48-46(33-37)49(45-27-11-12-28-47(45)51-48)43-25-9-7-23-41(43)42-24-8-10-26-44(42)49/h1-5,7-20,22-33H,6,21H2. The second kappa shape index (κ2) is 12.1. The van der Waals surface area contributed by atoms with E-state index in [-0.39, 0.29) is 0 Å². The summed E-state index contributed by atoms with van der Waals surface area (Å²) in [5, 5.41) is 2.76. The summed E-state index contributed by atoms with van der Waals surface area (Å²) in [5.41, 5.74) is 11.3. The van der Waals surface area contributed by atoms with Crippen molar-refractivity contribution in [2.75, 3.05) is 0 Å². The van der Waals surface area contributed by atoms with E-state index in [1.165, 1.54) is 22.3 Å². The van der Waals surface area contributed by atoms with Crippen LogP contribution in [0, 0.1) is 0 Å². The molecule has 0 fully saturated rings. The van der Waals surface area contributed by atoms with Crippen molar-refractivity contribution in [2.24, 2.45) is 0 Å². The van der Waals surface area contributed by atoms with Crippen LogP contribution in [0.15, 0.2) is 193 Å². The van der Waals surface area contributed by atoms with Crippen molar-refractivity contribution in [2.45, 2.75) is 18.3 Å². The van der Waals surface area contributed by atoms with Gasteiger partial charge < -0.3 is 9.30 Å². The average molecular weight is 687 g/mol. The normalized spacial score (nSPS) is 15.7. The van der Waals surface area contributed by atoms with E-state index >= 15 is 4.57 Å². The molecule has 1 spiro atoms. The lowest BCUT2D eigenvalue weighted by Gasteiger charge is -2.39. The summed E-state index contributed by atoms with van der Waals surface area (Å²) >= 11 is 0. The van der Waals surface area contributed by atoms with Crippen molar-refractivity contribution >= 4 is 17.8 Å². The third-order valence-corrected chi connectivity index (χ3v) is 14.3.